The molecule has 2 aromatic rings. The molecule has 0 saturated carbocycles. The molecule has 4 atom stereocenters. The Morgan fingerprint density at radius 2 is 1.89 bits per heavy atom. The zero-order chi connectivity index (χ0) is 24.9. The number of nitrogens with two attached hydrogens (primary N) is 1. The largest absolute Gasteiger partial charge is 0.368 e. The van der Waals surface area contributed by atoms with Crippen LogP contribution in [0, 0.1) is 11.8 Å². The van der Waals surface area contributed by atoms with Gasteiger partial charge in [-0.05, 0) is 41.5 Å². The zero-order valence-corrected chi connectivity index (χ0v) is 20.2. The van der Waals surface area contributed by atoms with Gasteiger partial charge in [0.2, 0.25) is 23.6 Å². The van der Waals surface area contributed by atoms with Crippen LogP contribution in [0.25, 0.3) is 10.8 Å². The summed E-state index contributed by atoms with van der Waals surface area (Å²) in [7, 11) is 0. The lowest BCUT2D eigenvalue weighted by molar-refractivity contribution is -0.143. The Kier molecular flexibility index (Phi) is 5.77. The number of carbonyl (C=O) groups excluding carboxylic acids is 4. The predicted octanol–water partition coefficient (Wildman–Crippen LogP) is 1.95. The second-order valence-electron chi connectivity index (χ2n) is 10.5. The van der Waals surface area contributed by atoms with Crippen molar-refractivity contribution in [1.29, 1.82) is 0 Å². The van der Waals surface area contributed by atoms with E-state index in [1.807, 2.05) is 61.2 Å². The van der Waals surface area contributed by atoms with Crippen molar-refractivity contribution in [2.45, 2.75) is 63.7 Å². The lowest BCUT2D eigenvalue weighted by atomic mass is 9.75. The minimum absolute atomic E-state index is 0.00230. The first kappa shape index (κ1) is 23.3. The van der Waals surface area contributed by atoms with Crippen LogP contribution in [0.1, 0.15) is 45.1 Å². The number of amides is 4. The van der Waals surface area contributed by atoms with Crippen LogP contribution in [0.4, 0.5) is 0 Å². The minimum atomic E-state index is -0.889. The van der Waals surface area contributed by atoms with Gasteiger partial charge in [0, 0.05) is 19.0 Å². The number of benzene rings is 2. The molecule has 0 aromatic heterocycles. The molecule has 8 nitrogen and oxygen atoms in total. The SMILES string of the molecule is CC(C)CC(=O)N1C2CCC13C(C2)C(=O)N(Cc1cccc2ccccc12)C3C(=O)NCC(N)=O. The number of fused-ring (bicyclic) bond motifs is 2. The molecule has 3 aliphatic rings. The molecule has 2 aromatic carbocycles. The van der Waals surface area contributed by atoms with Crippen LogP contribution in [0.5, 0.6) is 0 Å². The Hall–Kier alpha value is -3.42. The fourth-order valence-corrected chi connectivity index (χ4v) is 6.71. The standard InChI is InChI=1S/C27H32N4O4/c1-16(2)12-23(33)31-19-10-11-27(31)21(13-19)26(35)30(24(27)25(34)29-14-22(28)32)15-18-8-5-7-17-6-3-4-9-20(17)18/h3-9,16,19,21,24H,10-15H2,1-2H3,(H2,28,32)(H,29,34). The van der Waals surface area contributed by atoms with Gasteiger partial charge in [0.15, 0.2) is 0 Å². The summed E-state index contributed by atoms with van der Waals surface area (Å²) in [6.45, 7) is 3.93. The maximum Gasteiger partial charge on any atom is 0.245 e. The summed E-state index contributed by atoms with van der Waals surface area (Å²) in [6, 6.07) is 13.0. The molecule has 8 heteroatoms. The number of carbonyl (C=O) groups is 4. The molecule has 2 bridgehead atoms. The average molecular weight is 477 g/mol. The molecular weight excluding hydrogens is 444 g/mol. The fourth-order valence-electron chi connectivity index (χ4n) is 6.71. The van der Waals surface area contributed by atoms with Gasteiger partial charge in [-0.25, -0.2) is 0 Å². The van der Waals surface area contributed by atoms with Gasteiger partial charge in [-0.3, -0.25) is 19.2 Å². The maximum absolute atomic E-state index is 13.9. The van der Waals surface area contributed by atoms with Gasteiger partial charge >= 0.3 is 0 Å². The third-order valence-corrected chi connectivity index (χ3v) is 7.93. The van der Waals surface area contributed by atoms with Crippen LogP contribution >= 0.6 is 0 Å². The van der Waals surface area contributed by atoms with Crippen molar-refractivity contribution >= 4 is 34.4 Å². The number of nitrogens with zero attached hydrogens (tertiary/aromatic N) is 2. The summed E-state index contributed by atoms with van der Waals surface area (Å²) >= 11 is 0. The molecule has 184 valence electrons. The Morgan fingerprint density at radius 3 is 2.63 bits per heavy atom. The average Bonchev–Trinajstić information content (AvgIpc) is 3.42. The van der Waals surface area contributed by atoms with E-state index in [4.69, 9.17) is 5.73 Å². The van der Waals surface area contributed by atoms with Gasteiger partial charge in [-0.2, -0.15) is 0 Å². The van der Waals surface area contributed by atoms with Crippen molar-refractivity contribution in [1.82, 2.24) is 15.1 Å². The van der Waals surface area contributed by atoms with Gasteiger partial charge in [0.25, 0.3) is 0 Å². The van der Waals surface area contributed by atoms with E-state index in [1.54, 1.807) is 4.90 Å². The number of hydrogen-bond acceptors (Lipinski definition) is 4. The molecule has 3 fully saturated rings. The summed E-state index contributed by atoms with van der Waals surface area (Å²) in [5.41, 5.74) is 5.35. The quantitative estimate of drug-likeness (QED) is 0.636. The van der Waals surface area contributed by atoms with Crippen molar-refractivity contribution < 1.29 is 19.2 Å². The molecule has 3 aliphatic heterocycles. The number of rotatable bonds is 7. The van der Waals surface area contributed by atoms with Crippen LogP contribution in [0.15, 0.2) is 42.5 Å². The smallest absolute Gasteiger partial charge is 0.245 e. The van der Waals surface area contributed by atoms with Gasteiger partial charge in [-0.15, -0.1) is 0 Å². The van der Waals surface area contributed by atoms with E-state index in [0.717, 1.165) is 22.8 Å². The summed E-state index contributed by atoms with van der Waals surface area (Å²) in [4.78, 5) is 55.9. The maximum atomic E-state index is 13.9. The second-order valence-corrected chi connectivity index (χ2v) is 10.5. The molecule has 1 spiro atoms. The number of likely N-dealkylation sites (tertiary alicyclic amines) is 1. The van der Waals surface area contributed by atoms with Crippen LogP contribution < -0.4 is 11.1 Å². The molecule has 5 rings (SSSR count). The topological polar surface area (TPSA) is 113 Å². The third kappa shape index (κ3) is 3.66. The first-order chi connectivity index (χ1) is 16.7. The van der Waals surface area contributed by atoms with Gasteiger partial charge in [-0.1, -0.05) is 56.3 Å². The van der Waals surface area contributed by atoms with Crippen molar-refractivity contribution in [3.05, 3.63) is 48.0 Å². The van der Waals surface area contributed by atoms with Crippen molar-refractivity contribution in [2.75, 3.05) is 6.54 Å². The fraction of sp³-hybridized carbons (Fsp3) is 0.481. The van der Waals surface area contributed by atoms with Crippen molar-refractivity contribution in [2.24, 2.45) is 17.6 Å². The monoisotopic (exact) mass is 476 g/mol. The van der Waals surface area contributed by atoms with Gasteiger partial charge < -0.3 is 20.9 Å². The lowest BCUT2D eigenvalue weighted by Gasteiger charge is -2.40. The normalized spacial score (nSPS) is 27.1. The van der Waals surface area contributed by atoms with E-state index in [9.17, 15) is 19.2 Å². The summed E-state index contributed by atoms with van der Waals surface area (Å²) < 4.78 is 0. The molecule has 35 heavy (non-hydrogen) atoms. The molecule has 4 unspecified atom stereocenters. The van der Waals surface area contributed by atoms with E-state index >= 15 is 0 Å². The molecule has 3 saturated heterocycles. The van der Waals surface area contributed by atoms with Crippen LogP contribution in [0.2, 0.25) is 0 Å². The molecule has 0 radical (unpaired) electrons. The first-order valence-electron chi connectivity index (χ1n) is 12.4. The third-order valence-electron chi connectivity index (χ3n) is 7.93. The summed E-state index contributed by atoms with van der Waals surface area (Å²) in [6.07, 6.45) is 2.32. The Morgan fingerprint density at radius 1 is 1.14 bits per heavy atom. The molecule has 3 N–H and O–H groups in total. The minimum Gasteiger partial charge on any atom is -0.368 e. The number of nitrogens with one attached hydrogen (secondary N) is 1. The highest BCUT2D eigenvalue weighted by Crippen LogP contribution is 2.58. The van der Waals surface area contributed by atoms with Crippen LogP contribution in [-0.2, 0) is 25.7 Å². The number of hydrogen-bond donors (Lipinski definition) is 2. The van der Waals surface area contributed by atoms with E-state index in [-0.39, 0.29) is 36.9 Å². The lowest BCUT2D eigenvalue weighted by Crippen LogP contribution is -2.61. The van der Waals surface area contributed by atoms with E-state index < -0.39 is 29.3 Å². The van der Waals surface area contributed by atoms with Crippen LogP contribution in [0.3, 0.4) is 0 Å². The summed E-state index contributed by atoms with van der Waals surface area (Å²) in [5, 5.41) is 4.72. The van der Waals surface area contributed by atoms with Gasteiger partial charge in [0.05, 0.1) is 18.0 Å². The molecule has 0 aliphatic carbocycles. The van der Waals surface area contributed by atoms with E-state index in [0.29, 0.717) is 19.3 Å². The second kappa shape index (κ2) is 8.66. The molecule has 3 heterocycles. The predicted molar refractivity (Wildman–Crippen MR) is 131 cm³/mol. The molecular formula is C27H32N4O4. The van der Waals surface area contributed by atoms with E-state index in [1.165, 1.54) is 0 Å². The van der Waals surface area contributed by atoms with Crippen LogP contribution in [-0.4, -0.2) is 57.6 Å². The first-order valence-corrected chi connectivity index (χ1v) is 12.4. The highest BCUT2D eigenvalue weighted by molar-refractivity contribution is 5.99. The Bertz CT molecular complexity index is 1210. The Balaban J connectivity index is 1.57. The summed E-state index contributed by atoms with van der Waals surface area (Å²) in [5.74, 6) is -1.43. The highest BCUT2D eigenvalue weighted by atomic mass is 16.2. The van der Waals surface area contributed by atoms with E-state index in [2.05, 4.69) is 5.32 Å². The number of primary amides is 1. The van der Waals surface area contributed by atoms with Crippen molar-refractivity contribution in [3.63, 3.8) is 0 Å². The molecule has 4 amide bonds. The zero-order valence-electron chi connectivity index (χ0n) is 20.2. The Labute approximate surface area is 204 Å². The highest BCUT2D eigenvalue weighted by Gasteiger charge is 2.72. The van der Waals surface area contributed by atoms with Gasteiger partial charge in [0.1, 0.15) is 6.04 Å². The van der Waals surface area contributed by atoms with Crippen molar-refractivity contribution in [3.8, 4) is 0 Å².